The number of carbonyl (C=O) groups is 1. The van der Waals surface area contributed by atoms with E-state index in [0.29, 0.717) is 6.92 Å². The molecule has 1 atom stereocenters. The topological polar surface area (TPSA) is 52.3 Å². The maximum Gasteiger partial charge on any atom is 0.426 e. The Labute approximate surface area is 133 Å². The summed E-state index contributed by atoms with van der Waals surface area (Å²) in [6.45, 7) is 0.408. The summed E-state index contributed by atoms with van der Waals surface area (Å²) in [5.74, 6) is -1.95. The summed E-state index contributed by atoms with van der Waals surface area (Å²) in [6, 6.07) is 7.22. The Kier molecular flexibility index (Phi) is 4.50. The summed E-state index contributed by atoms with van der Waals surface area (Å²) in [6.07, 6.45) is -5.06. The molecule has 2 N–H and O–H groups in total. The molecule has 0 aliphatic rings. The van der Waals surface area contributed by atoms with E-state index in [1.165, 1.54) is 6.07 Å². The molecule has 1 amide bonds. The van der Waals surface area contributed by atoms with E-state index < -0.39 is 29.1 Å². The molecule has 0 aromatic heterocycles. The van der Waals surface area contributed by atoms with E-state index >= 15 is 0 Å². The lowest BCUT2D eigenvalue weighted by molar-refractivity contribution is -0.228. The van der Waals surface area contributed by atoms with Crippen molar-refractivity contribution in [1.29, 1.82) is 0 Å². The molecule has 8 heteroatoms. The molecule has 24 heavy (non-hydrogen) atoms. The van der Waals surface area contributed by atoms with Crippen LogP contribution in [0, 0.1) is 5.82 Å². The molecule has 0 aliphatic heterocycles. The van der Waals surface area contributed by atoms with Crippen LogP contribution in [0.3, 0.4) is 0 Å². The monoisotopic (exact) mass is 345 g/mol. The number of alkyl halides is 4. The van der Waals surface area contributed by atoms with Crippen LogP contribution in [0.15, 0.2) is 42.5 Å². The molecule has 0 fully saturated rings. The lowest BCUT2D eigenvalue weighted by atomic mass is 9.97. The quantitative estimate of drug-likeness (QED) is 0.832. The number of carbonyl (C=O) groups excluding carboxylic acids is 1. The van der Waals surface area contributed by atoms with Gasteiger partial charge in [-0.2, -0.15) is 13.2 Å². The Morgan fingerprint density at radius 2 is 1.62 bits per heavy atom. The zero-order valence-corrected chi connectivity index (χ0v) is 12.3. The van der Waals surface area contributed by atoms with Crippen LogP contribution in [-0.4, -0.2) is 12.1 Å². The van der Waals surface area contributed by atoms with Gasteiger partial charge in [-0.25, -0.2) is 8.78 Å². The van der Waals surface area contributed by atoms with Crippen molar-refractivity contribution in [2.24, 2.45) is 5.73 Å². The first-order valence-corrected chi connectivity index (χ1v) is 6.66. The summed E-state index contributed by atoms with van der Waals surface area (Å²) in [4.78, 5) is 10.9. The van der Waals surface area contributed by atoms with Crippen molar-refractivity contribution in [1.82, 2.24) is 0 Å². The van der Waals surface area contributed by atoms with Crippen LogP contribution in [0.1, 0.15) is 22.8 Å². The summed E-state index contributed by atoms with van der Waals surface area (Å²) < 4.78 is 70.6. The smallest absolute Gasteiger partial charge is 0.426 e. The number of benzene rings is 2. The van der Waals surface area contributed by atoms with Crippen LogP contribution >= 0.6 is 0 Å². The molecule has 0 heterocycles. The SMILES string of the molecule is CC(F)(c1ccc(Oc2ccc(C(N)=O)cc2F)cc1)C(F)(F)F. The molecule has 2 aromatic carbocycles. The minimum absolute atomic E-state index is 0.00227. The van der Waals surface area contributed by atoms with E-state index in [0.717, 1.165) is 36.4 Å². The lowest BCUT2D eigenvalue weighted by Crippen LogP contribution is -2.34. The van der Waals surface area contributed by atoms with Gasteiger partial charge in [0.15, 0.2) is 11.6 Å². The minimum Gasteiger partial charge on any atom is -0.454 e. The second kappa shape index (κ2) is 6.10. The molecule has 1 unspecified atom stereocenters. The standard InChI is InChI=1S/C16H12F5NO2/c1-15(18,16(19,20)21)10-3-5-11(6-4-10)24-13-7-2-9(14(22)23)8-12(13)17/h2-8H,1H3,(H2,22,23). The number of rotatable bonds is 4. The molecule has 128 valence electrons. The molecule has 0 saturated carbocycles. The van der Waals surface area contributed by atoms with Gasteiger partial charge in [-0.05, 0) is 42.8 Å². The van der Waals surface area contributed by atoms with Gasteiger partial charge in [-0.15, -0.1) is 0 Å². The van der Waals surface area contributed by atoms with Gasteiger partial charge < -0.3 is 10.5 Å². The van der Waals surface area contributed by atoms with Gasteiger partial charge in [0.05, 0.1) is 0 Å². The first kappa shape index (κ1) is 17.7. The van der Waals surface area contributed by atoms with Crippen LogP contribution in [0.25, 0.3) is 0 Å². The Bertz CT molecular complexity index is 754. The van der Waals surface area contributed by atoms with Crippen molar-refractivity contribution in [3.8, 4) is 11.5 Å². The highest BCUT2D eigenvalue weighted by atomic mass is 19.4. The van der Waals surface area contributed by atoms with Gasteiger partial charge >= 0.3 is 6.18 Å². The van der Waals surface area contributed by atoms with E-state index in [1.807, 2.05) is 0 Å². The van der Waals surface area contributed by atoms with Gasteiger partial charge in [0.1, 0.15) is 5.75 Å². The molecule has 2 rings (SSSR count). The second-order valence-corrected chi connectivity index (χ2v) is 5.14. The highest BCUT2D eigenvalue weighted by molar-refractivity contribution is 5.92. The number of primary amides is 1. The zero-order valence-electron chi connectivity index (χ0n) is 12.3. The third kappa shape index (κ3) is 3.47. The van der Waals surface area contributed by atoms with Crippen molar-refractivity contribution < 1.29 is 31.5 Å². The van der Waals surface area contributed by atoms with E-state index in [9.17, 15) is 26.7 Å². The fraction of sp³-hybridized carbons (Fsp3) is 0.188. The van der Waals surface area contributed by atoms with E-state index in [1.54, 1.807) is 0 Å². The molecule has 3 nitrogen and oxygen atoms in total. The van der Waals surface area contributed by atoms with Crippen molar-refractivity contribution in [3.63, 3.8) is 0 Å². The maximum absolute atomic E-state index is 13.8. The highest BCUT2D eigenvalue weighted by Crippen LogP contribution is 2.42. The normalized spacial score (nSPS) is 14.1. The third-order valence-electron chi connectivity index (χ3n) is 3.37. The Morgan fingerprint density at radius 1 is 1.04 bits per heavy atom. The van der Waals surface area contributed by atoms with Crippen LogP contribution in [-0.2, 0) is 5.67 Å². The molecule has 0 radical (unpaired) electrons. The van der Waals surface area contributed by atoms with Crippen LogP contribution in [0.2, 0.25) is 0 Å². The van der Waals surface area contributed by atoms with Crippen LogP contribution in [0.5, 0.6) is 11.5 Å². The lowest BCUT2D eigenvalue weighted by Gasteiger charge is -2.24. The van der Waals surface area contributed by atoms with Gasteiger partial charge in [0.2, 0.25) is 11.6 Å². The Morgan fingerprint density at radius 3 is 2.08 bits per heavy atom. The summed E-state index contributed by atoms with van der Waals surface area (Å²) in [7, 11) is 0. The molecular weight excluding hydrogens is 333 g/mol. The number of amides is 1. The number of nitrogens with two attached hydrogens (primary N) is 1. The molecule has 0 aliphatic carbocycles. The van der Waals surface area contributed by atoms with Gasteiger partial charge in [-0.3, -0.25) is 4.79 Å². The number of halogens is 5. The molecule has 0 saturated heterocycles. The molecule has 2 aromatic rings. The second-order valence-electron chi connectivity index (χ2n) is 5.14. The minimum atomic E-state index is -5.06. The van der Waals surface area contributed by atoms with Gasteiger partial charge in [0, 0.05) is 5.56 Å². The largest absolute Gasteiger partial charge is 0.454 e. The van der Waals surface area contributed by atoms with Crippen LogP contribution in [0.4, 0.5) is 22.0 Å². The van der Waals surface area contributed by atoms with Crippen molar-refractivity contribution in [2.45, 2.75) is 18.8 Å². The van der Waals surface area contributed by atoms with E-state index in [-0.39, 0.29) is 17.1 Å². The Hall–Kier alpha value is -2.64. The predicted octanol–water partition coefficient (Wildman–Crippen LogP) is 4.46. The van der Waals surface area contributed by atoms with Crippen molar-refractivity contribution >= 4 is 5.91 Å². The average molecular weight is 345 g/mol. The number of hydrogen-bond acceptors (Lipinski definition) is 2. The summed E-state index contributed by atoms with van der Waals surface area (Å²) in [5, 5.41) is 0. The molecule has 0 spiro atoms. The first-order valence-electron chi connectivity index (χ1n) is 6.66. The fourth-order valence-corrected chi connectivity index (χ4v) is 1.86. The summed E-state index contributed by atoms with van der Waals surface area (Å²) >= 11 is 0. The first-order chi connectivity index (χ1) is 11.0. The predicted molar refractivity (Wildman–Crippen MR) is 75.9 cm³/mol. The summed E-state index contributed by atoms with van der Waals surface area (Å²) in [5.41, 5.74) is 0.824. The van der Waals surface area contributed by atoms with Crippen molar-refractivity contribution in [2.75, 3.05) is 0 Å². The van der Waals surface area contributed by atoms with E-state index in [2.05, 4.69) is 0 Å². The van der Waals surface area contributed by atoms with Crippen molar-refractivity contribution in [3.05, 3.63) is 59.4 Å². The Balaban J connectivity index is 2.22. The third-order valence-corrected chi connectivity index (χ3v) is 3.37. The average Bonchev–Trinajstić information content (AvgIpc) is 2.48. The zero-order chi connectivity index (χ0) is 18.1. The number of hydrogen-bond donors (Lipinski definition) is 1. The fourth-order valence-electron chi connectivity index (χ4n) is 1.86. The van der Waals surface area contributed by atoms with E-state index in [4.69, 9.17) is 10.5 Å². The molecule has 0 bridgehead atoms. The highest BCUT2D eigenvalue weighted by Gasteiger charge is 2.53. The number of ether oxygens (including phenoxy) is 1. The maximum atomic E-state index is 13.8. The molecular formula is C16H12F5NO2. The van der Waals surface area contributed by atoms with Gasteiger partial charge in [0.25, 0.3) is 0 Å². The van der Waals surface area contributed by atoms with Crippen LogP contribution < -0.4 is 10.5 Å². The van der Waals surface area contributed by atoms with Gasteiger partial charge in [-0.1, -0.05) is 12.1 Å².